The molecular formula is C15H15FN2O5S. The minimum Gasteiger partial charge on any atom is -0.386 e. The molecule has 2 aromatic carbocycles. The van der Waals surface area contributed by atoms with E-state index < -0.39 is 32.4 Å². The second-order valence-corrected chi connectivity index (χ2v) is 7.14. The van der Waals surface area contributed by atoms with Gasteiger partial charge in [-0.05, 0) is 18.2 Å². The van der Waals surface area contributed by atoms with Crippen LogP contribution in [0.5, 0.6) is 0 Å². The third-order valence-electron chi connectivity index (χ3n) is 3.34. The predicted molar refractivity (Wildman–Crippen MR) is 86.1 cm³/mol. The van der Waals surface area contributed by atoms with Crippen molar-refractivity contribution in [2.75, 3.05) is 18.1 Å². The summed E-state index contributed by atoms with van der Waals surface area (Å²) >= 11 is 0. The summed E-state index contributed by atoms with van der Waals surface area (Å²) in [6.07, 6.45) is -0.276. The molecule has 9 heteroatoms. The van der Waals surface area contributed by atoms with Crippen LogP contribution in [0.1, 0.15) is 11.7 Å². The molecule has 24 heavy (non-hydrogen) atoms. The number of anilines is 1. The second kappa shape index (κ2) is 6.93. The van der Waals surface area contributed by atoms with Gasteiger partial charge in [-0.15, -0.1) is 0 Å². The van der Waals surface area contributed by atoms with Gasteiger partial charge >= 0.3 is 0 Å². The predicted octanol–water partition coefficient (Wildman–Crippen LogP) is 2.28. The van der Waals surface area contributed by atoms with Crippen molar-refractivity contribution in [2.45, 2.75) is 11.0 Å². The first-order valence-corrected chi connectivity index (χ1v) is 8.74. The quantitative estimate of drug-likeness (QED) is 0.608. The molecule has 0 amide bonds. The molecule has 2 N–H and O–H groups in total. The van der Waals surface area contributed by atoms with Crippen LogP contribution in [0.2, 0.25) is 0 Å². The molecule has 128 valence electrons. The van der Waals surface area contributed by atoms with Gasteiger partial charge in [-0.2, -0.15) is 0 Å². The number of rotatable bonds is 6. The van der Waals surface area contributed by atoms with Gasteiger partial charge in [0.05, 0.1) is 15.9 Å². The van der Waals surface area contributed by atoms with E-state index in [-0.39, 0.29) is 22.7 Å². The van der Waals surface area contributed by atoms with E-state index in [9.17, 15) is 28.0 Å². The molecule has 2 aromatic rings. The molecule has 0 saturated heterocycles. The first-order valence-electron chi connectivity index (χ1n) is 6.85. The zero-order valence-electron chi connectivity index (χ0n) is 12.6. The average Bonchev–Trinajstić information content (AvgIpc) is 2.51. The summed E-state index contributed by atoms with van der Waals surface area (Å²) in [6.45, 7) is -0.181. The fourth-order valence-corrected chi connectivity index (χ4v) is 2.75. The molecule has 1 atom stereocenters. The maximum absolute atomic E-state index is 13.6. The highest BCUT2D eigenvalue weighted by atomic mass is 32.2. The number of halogens is 1. The minimum absolute atomic E-state index is 0.0304. The second-order valence-electron chi connectivity index (χ2n) is 5.13. The Hall–Kier alpha value is -2.52. The number of nitro groups is 1. The van der Waals surface area contributed by atoms with E-state index in [1.807, 2.05) is 0 Å². The smallest absolute Gasteiger partial charge is 0.293 e. The van der Waals surface area contributed by atoms with Gasteiger partial charge in [-0.1, -0.05) is 18.2 Å². The van der Waals surface area contributed by atoms with E-state index in [0.29, 0.717) is 0 Å². The summed E-state index contributed by atoms with van der Waals surface area (Å²) in [5.41, 5.74) is -0.359. The van der Waals surface area contributed by atoms with Crippen molar-refractivity contribution in [3.05, 3.63) is 64.0 Å². The number of nitro benzene ring substituents is 1. The normalized spacial score (nSPS) is 12.6. The third-order valence-corrected chi connectivity index (χ3v) is 4.45. The van der Waals surface area contributed by atoms with Crippen molar-refractivity contribution in [3.8, 4) is 0 Å². The van der Waals surface area contributed by atoms with Crippen molar-refractivity contribution >= 4 is 21.2 Å². The standard InChI is InChI=1S/C15H15FN2O5S/c1-24(22,23)10-6-7-13(14(8-10)18(20)21)17-9-15(19)11-4-2-3-5-12(11)16/h2-8,15,17,19H,9H2,1H3. The molecule has 0 saturated carbocycles. The molecule has 1 unspecified atom stereocenters. The number of sulfone groups is 1. The minimum atomic E-state index is -3.59. The van der Waals surface area contributed by atoms with Gasteiger partial charge < -0.3 is 10.4 Å². The van der Waals surface area contributed by atoms with Crippen molar-refractivity contribution in [2.24, 2.45) is 0 Å². The highest BCUT2D eigenvalue weighted by Crippen LogP contribution is 2.28. The van der Waals surface area contributed by atoms with Crippen LogP contribution in [0.3, 0.4) is 0 Å². The first kappa shape index (κ1) is 17.8. The summed E-state index contributed by atoms with van der Waals surface area (Å²) in [4.78, 5) is 10.2. The summed E-state index contributed by atoms with van der Waals surface area (Å²) < 4.78 is 36.6. The third kappa shape index (κ3) is 4.06. The molecule has 2 rings (SSSR count). The number of benzene rings is 2. The van der Waals surface area contributed by atoms with Gasteiger partial charge in [0.15, 0.2) is 9.84 Å². The molecule has 0 bridgehead atoms. The zero-order chi connectivity index (χ0) is 17.9. The molecule has 0 fully saturated rings. The Bertz CT molecular complexity index is 870. The van der Waals surface area contributed by atoms with E-state index in [2.05, 4.69) is 5.32 Å². The topological polar surface area (TPSA) is 110 Å². The number of nitrogens with one attached hydrogen (secondary N) is 1. The van der Waals surface area contributed by atoms with Gasteiger partial charge in [0.25, 0.3) is 5.69 Å². The molecule has 0 aliphatic carbocycles. The number of nitrogens with zero attached hydrogens (tertiary/aromatic N) is 1. The summed E-state index contributed by atoms with van der Waals surface area (Å²) in [6, 6.07) is 9.04. The van der Waals surface area contributed by atoms with E-state index >= 15 is 0 Å². The highest BCUT2D eigenvalue weighted by molar-refractivity contribution is 7.90. The molecule has 0 aromatic heterocycles. The van der Waals surface area contributed by atoms with Crippen LogP contribution in [-0.2, 0) is 9.84 Å². The van der Waals surface area contributed by atoms with Gasteiger partial charge in [0, 0.05) is 24.4 Å². The van der Waals surface area contributed by atoms with E-state index in [1.165, 1.54) is 30.3 Å². The van der Waals surface area contributed by atoms with Crippen LogP contribution in [-0.4, -0.2) is 31.2 Å². The Balaban J connectivity index is 2.24. The Morgan fingerprint density at radius 3 is 2.54 bits per heavy atom. The lowest BCUT2D eigenvalue weighted by Crippen LogP contribution is -2.14. The molecule has 0 radical (unpaired) electrons. The van der Waals surface area contributed by atoms with Crippen molar-refractivity contribution in [3.63, 3.8) is 0 Å². The van der Waals surface area contributed by atoms with E-state index in [1.54, 1.807) is 6.07 Å². The summed E-state index contributed by atoms with van der Waals surface area (Å²) in [5, 5.41) is 23.8. The van der Waals surface area contributed by atoms with Crippen molar-refractivity contribution < 1.29 is 22.8 Å². The summed E-state index contributed by atoms with van der Waals surface area (Å²) in [7, 11) is -3.59. The maximum atomic E-state index is 13.6. The van der Waals surface area contributed by atoms with Crippen molar-refractivity contribution in [1.29, 1.82) is 0 Å². The number of aliphatic hydroxyl groups excluding tert-OH is 1. The monoisotopic (exact) mass is 354 g/mol. The number of hydrogen-bond donors (Lipinski definition) is 2. The van der Waals surface area contributed by atoms with Crippen LogP contribution in [0.15, 0.2) is 47.4 Å². The van der Waals surface area contributed by atoms with Crippen LogP contribution in [0, 0.1) is 15.9 Å². The molecule has 7 nitrogen and oxygen atoms in total. The SMILES string of the molecule is CS(=O)(=O)c1ccc(NCC(O)c2ccccc2F)c([N+](=O)[O-])c1. The van der Waals surface area contributed by atoms with Gasteiger partial charge in [-0.3, -0.25) is 10.1 Å². The fraction of sp³-hybridized carbons (Fsp3) is 0.200. The molecular weight excluding hydrogens is 339 g/mol. The van der Waals surface area contributed by atoms with Crippen LogP contribution in [0.25, 0.3) is 0 Å². The Kier molecular flexibility index (Phi) is 5.15. The first-order chi connectivity index (χ1) is 11.2. The average molecular weight is 354 g/mol. The Labute approximate surface area is 137 Å². The molecule has 0 heterocycles. The van der Waals surface area contributed by atoms with Crippen molar-refractivity contribution in [1.82, 2.24) is 0 Å². The Morgan fingerprint density at radius 2 is 1.96 bits per heavy atom. The molecule has 0 aliphatic heterocycles. The Morgan fingerprint density at radius 1 is 1.29 bits per heavy atom. The fourth-order valence-electron chi connectivity index (χ4n) is 2.10. The lowest BCUT2D eigenvalue weighted by atomic mass is 10.1. The van der Waals surface area contributed by atoms with Crippen LogP contribution < -0.4 is 5.32 Å². The number of aliphatic hydroxyl groups is 1. The van der Waals surface area contributed by atoms with Gasteiger partial charge in [0.2, 0.25) is 0 Å². The van der Waals surface area contributed by atoms with Gasteiger partial charge in [0.1, 0.15) is 11.5 Å². The molecule has 0 aliphatic rings. The lowest BCUT2D eigenvalue weighted by Gasteiger charge is -2.14. The number of hydrogen-bond acceptors (Lipinski definition) is 6. The maximum Gasteiger partial charge on any atom is 0.293 e. The van der Waals surface area contributed by atoms with E-state index in [0.717, 1.165) is 12.3 Å². The van der Waals surface area contributed by atoms with Crippen LogP contribution >= 0.6 is 0 Å². The summed E-state index contributed by atoms with van der Waals surface area (Å²) in [5.74, 6) is -0.589. The van der Waals surface area contributed by atoms with Crippen LogP contribution in [0.4, 0.5) is 15.8 Å². The van der Waals surface area contributed by atoms with E-state index in [4.69, 9.17) is 0 Å². The highest BCUT2D eigenvalue weighted by Gasteiger charge is 2.20. The molecule has 0 spiro atoms. The largest absolute Gasteiger partial charge is 0.386 e. The lowest BCUT2D eigenvalue weighted by molar-refractivity contribution is -0.384. The van der Waals surface area contributed by atoms with Gasteiger partial charge in [-0.25, -0.2) is 12.8 Å². The zero-order valence-corrected chi connectivity index (χ0v) is 13.5.